The van der Waals surface area contributed by atoms with Crippen molar-refractivity contribution in [3.05, 3.63) is 74.7 Å². The molecule has 0 aliphatic heterocycles. The Balaban J connectivity index is 1.52. The second kappa shape index (κ2) is 7.64. The van der Waals surface area contributed by atoms with Gasteiger partial charge in [-0.15, -0.1) is 0 Å². The highest BCUT2D eigenvalue weighted by atomic mass is 16.5. The summed E-state index contributed by atoms with van der Waals surface area (Å²) in [7, 11) is 0. The average Bonchev–Trinajstić information content (AvgIpc) is 3.09. The molecule has 8 heteroatoms. The lowest BCUT2D eigenvalue weighted by Crippen LogP contribution is -2.31. The zero-order valence-corrected chi connectivity index (χ0v) is 14.2. The summed E-state index contributed by atoms with van der Waals surface area (Å²) >= 11 is 0. The van der Waals surface area contributed by atoms with Gasteiger partial charge in [0.25, 0.3) is 5.56 Å². The van der Waals surface area contributed by atoms with Crippen LogP contribution in [0.4, 0.5) is 0 Å². The number of benzene rings is 1. The molecule has 0 saturated heterocycles. The van der Waals surface area contributed by atoms with Crippen molar-refractivity contribution in [3.8, 4) is 11.3 Å². The van der Waals surface area contributed by atoms with Gasteiger partial charge in [0.1, 0.15) is 5.69 Å². The Morgan fingerprint density at radius 1 is 1.23 bits per heavy atom. The van der Waals surface area contributed by atoms with E-state index in [1.807, 2.05) is 31.2 Å². The third-order valence-corrected chi connectivity index (χ3v) is 3.84. The molecule has 134 valence electrons. The summed E-state index contributed by atoms with van der Waals surface area (Å²) in [6.07, 6.45) is 1.47. The minimum absolute atomic E-state index is 0.106. The second-order valence-corrected chi connectivity index (χ2v) is 5.88. The van der Waals surface area contributed by atoms with Crippen molar-refractivity contribution in [1.82, 2.24) is 20.0 Å². The molecule has 1 amide bonds. The number of aryl methyl sites for hydroxylation is 2. The standard InChI is InChI=1S/C18H18N4O4/c1-12-2-4-13(5-3-12)15-10-14(21-26-15)11-19-16(23)6-8-22-9-7-17(24)20-18(22)25/h2-5,7,9-10H,6,8,11H2,1H3,(H,19,23)(H,20,24,25). The third kappa shape index (κ3) is 4.35. The highest BCUT2D eigenvalue weighted by Crippen LogP contribution is 2.20. The molecule has 0 radical (unpaired) electrons. The first-order valence-electron chi connectivity index (χ1n) is 8.10. The SMILES string of the molecule is Cc1ccc(-c2cc(CNC(=O)CCn3ccc(=O)[nH]c3=O)no2)cc1. The van der Waals surface area contributed by atoms with Crippen LogP contribution in [0.1, 0.15) is 17.7 Å². The molecule has 1 aromatic carbocycles. The van der Waals surface area contributed by atoms with Gasteiger partial charge in [0.05, 0.1) is 6.54 Å². The van der Waals surface area contributed by atoms with Crippen LogP contribution in [0.5, 0.6) is 0 Å². The molecule has 2 N–H and O–H groups in total. The minimum Gasteiger partial charge on any atom is -0.356 e. The maximum absolute atomic E-state index is 11.9. The number of carbonyl (C=O) groups is 1. The topological polar surface area (TPSA) is 110 Å². The van der Waals surface area contributed by atoms with Gasteiger partial charge < -0.3 is 14.4 Å². The fourth-order valence-electron chi connectivity index (χ4n) is 2.37. The Kier molecular flexibility index (Phi) is 5.12. The zero-order valence-electron chi connectivity index (χ0n) is 14.2. The van der Waals surface area contributed by atoms with Crippen LogP contribution in [0.25, 0.3) is 11.3 Å². The van der Waals surface area contributed by atoms with Crippen LogP contribution in [0.15, 0.2) is 56.7 Å². The highest BCUT2D eigenvalue weighted by molar-refractivity contribution is 5.75. The van der Waals surface area contributed by atoms with E-state index < -0.39 is 11.2 Å². The molecule has 26 heavy (non-hydrogen) atoms. The van der Waals surface area contributed by atoms with Crippen LogP contribution >= 0.6 is 0 Å². The van der Waals surface area contributed by atoms with Crippen molar-refractivity contribution in [3.63, 3.8) is 0 Å². The number of aromatic amines is 1. The van der Waals surface area contributed by atoms with E-state index in [0.29, 0.717) is 11.5 Å². The van der Waals surface area contributed by atoms with E-state index in [4.69, 9.17) is 4.52 Å². The fourth-order valence-corrected chi connectivity index (χ4v) is 2.37. The average molecular weight is 354 g/mol. The molecular formula is C18H18N4O4. The van der Waals surface area contributed by atoms with Gasteiger partial charge in [0.2, 0.25) is 5.91 Å². The molecule has 8 nitrogen and oxygen atoms in total. The van der Waals surface area contributed by atoms with Crippen LogP contribution < -0.4 is 16.6 Å². The first-order chi connectivity index (χ1) is 12.5. The van der Waals surface area contributed by atoms with Gasteiger partial charge in [-0.25, -0.2) is 4.79 Å². The van der Waals surface area contributed by atoms with Gasteiger partial charge in [-0.05, 0) is 6.92 Å². The lowest BCUT2D eigenvalue weighted by molar-refractivity contribution is -0.121. The Labute approximate surface area is 148 Å². The van der Waals surface area contributed by atoms with E-state index >= 15 is 0 Å². The van der Waals surface area contributed by atoms with Crippen molar-refractivity contribution >= 4 is 5.91 Å². The van der Waals surface area contributed by atoms with Crippen LogP contribution in [-0.2, 0) is 17.9 Å². The number of amides is 1. The Bertz CT molecular complexity index is 1010. The first kappa shape index (κ1) is 17.4. The smallest absolute Gasteiger partial charge is 0.328 e. The van der Waals surface area contributed by atoms with Crippen molar-refractivity contribution in [2.24, 2.45) is 0 Å². The maximum atomic E-state index is 11.9. The van der Waals surface area contributed by atoms with Crippen LogP contribution in [0, 0.1) is 6.92 Å². The van der Waals surface area contributed by atoms with Crippen LogP contribution in [0.2, 0.25) is 0 Å². The first-order valence-corrected chi connectivity index (χ1v) is 8.10. The summed E-state index contributed by atoms with van der Waals surface area (Å²) in [4.78, 5) is 36.6. The summed E-state index contributed by atoms with van der Waals surface area (Å²) in [5.74, 6) is 0.400. The molecule has 0 fully saturated rings. The Morgan fingerprint density at radius 2 is 2.00 bits per heavy atom. The highest BCUT2D eigenvalue weighted by Gasteiger charge is 2.09. The Morgan fingerprint density at radius 3 is 2.73 bits per heavy atom. The molecule has 0 atom stereocenters. The molecule has 0 spiro atoms. The molecule has 0 aliphatic rings. The lowest BCUT2D eigenvalue weighted by atomic mass is 10.1. The van der Waals surface area contributed by atoms with E-state index in [0.717, 1.165) is 11.1 Å². The monoisotopic (exact) mass is 354 g/mol. The van der Waals surface area contributed by atoms with Gasteiger partial charge in [-0.3, -0.25) is 14.6 Å². The molecule has 2 heterocycles. The van der Waals surface area contributed by atoms with Gasteiger partial charge in [0.15, 0.2) is 5.76 Å². The third-order valence-electron chi connectivity index (χ3n) is 3.84. The predicted octanol–water partition coefficient (Wildman–Crippen LogP) is 1.21. The number of nitrogens with one attached hydrogen (secondary N) is 2. The summed E-state index contributed by atoms with van der Waals surface area (Å²) in [5, 5.41) is 6.67. The number of rotatable bonds is 6. The number of H-pyrrole nitrogens is 1. The minimum atomic E-state index is -0.537. The molecular weight excluding hydrogens is 336 g/mol. The van der Waals surface area contributed by atoms with Gasteiger partial charge in [-0.2, -0.15) is 0 Å². The number of hydrogen-bond acceptors (Lipinski definition) is 5. The van der Waals surface area contributed by atoms with Gasteiger partial charge >= 0.3 is 5.69 Å². The molecule has 0 bridgehead atoms. The quantitative estimate of drug-likeness (QED) is 0.691. The molecule has 0 aliphatic carbocycles. The molecule has 2 aromatic heterocycles. The molecule has 0 unspecified atom stereocenters. The van der Waals surface area contributed by atoms with E-state index in [2.05, 4.69) is 15.5 Å². The summed E-state index contributed by atoms with van der Waals surface area (Å²) in [6, 6.07) is 10.9. The molecule has 3 aromatic rings. The summed E-state index contributed by atoms with van der Waals surface area (Å²) in [5.41, 5.74) is 1.67. The normalized spacial score (nSPS) is 10.7. The fraction of sp³-hybridized carbons (Fsp3) is 0.222. The largest absolute Gasteiger partial charge is 0.356 e. The number of carbonyl (C=O) groups excluding carboxylic acids is 1. The van der Waals surface area contributed by atoms with Crippen molar-refractivity contribution in [1.29, 1.82) is 0 Å². The van der Waals surface area contributed by atoms with E-state index in [1.165, 1.54) is 16.8 Å². The Hall–Kier alpha value is -3.42. The van der Waals surface area contributed by atoms with E-state index in [1.54, 1.807) is 6.07 Å². The second-order valence-electron chi connectivity index (χ2n) is 5.88. The van der Waals surface area contributed by atoms with Crippen molar-refractivity contribution in [2.75, 3.05) is 0 Å². The number of nitrogens with zero attached hydrogens (tertiary/aromatic N) is 2. The maximum Gasteiger partial charge on any atom is 0.328 e. The molecule has 0 saturated carbocycles. The summed E-state index contributed by atoms with van der Waals surface area (Å²) in [6.45, 7) is 2.41. The number of aromatic nitrogens is 3. The van der Waals surface area contributed by atoms with Crippen LogP contribution in [0.3, 0.4) is 0 Å². The number of hydrogen-bond donors (Lipinski definition) is 2. The predicted molar refractivity (Wildman–Crippen MR) is 94.5 cm³/mol. The van der Waals surface area contributed by atoms with Crippen LogP contribution in [-0.4, -0.2) is 20.6 Å². The summed E-state index contributed by atoms with van der Waals surface area (Å²) < 4.78 is 6.57. The van der Waals surface area contributed by atoms with Gasteiger partial charge in [-0.1, -0.05) is 35.0 Å². The zero-order chi connectivity index (χ0) is 18.5. The van der Waals surface area contributed by atoms with E-state index in [-0.39, 0.29) is 25.4 Å². The van der Waals surface area contributed by atoms with Crippen molar-refractivity contribution < 1.29 is 9.32 Å². The lowest BCUT2D eigenvalue weighted by Gasteiger charge is -2.05. The molecule has 3 rings (SSSR count). The van der Waals surface area contributed by atoms with E-state index in [9.17, 15) is 14.4 Å². The van der Waals surface area contributed by atoms with Gasteiger partial charge in [0, 0.05) is 36.9 Å². The van der Waals surface area contributed by atoms with Crippen molar-refractivity contribution in [2.45, 2.75) is 26.4 Å².